The summed E-state index contributed by atoms with van der Waals surface area (Å²) < 4.78 is 80.4. The van der Waals surface area contributed by atoms with E-state index in [0.717, 1.165) is 19.4 Å². The van der Waals surface area contributed by atoms with E-state index < -0.39 is 32.0 Å². The number of ether oxygens (including phenoxy) is 2. The predicted octanol–water partition coefficient (Wildman–Crippen LogP) is 6.73. The first kappa shape index (κ1) is 32.6. The van der Waals surface area contributed by atoms with Crippen molar-refractivity contribution < 1.29 is 31.6 Å². The van der Waals surface area contributed by atoms with Gasteiger partial charge in [-0.1, -0.05) is 24.0 Å². The average molecular weight is 652 g/mol. The summed E-state index contributed by atoms with van der Waals surface area (Å²) in [6.45, 7) is 6.00. The van der Waals surface area contributed by atoms with Gasteiger partial charge in [0.05, 0.1) is 47.1 Å². The maximum Gasteiger partial charge on any atom is 0.393 e. The highest BCUT2D eigenvalue weighted by atomic mass is 32.1. The Morgan fingerprint density at radius 1 is 1.14 bits per heavy atom. The van der Waals surface area contributed by atoms with Gasteiger partial charge in [0.1, 0.15) is 19.1 Å². The van der Waals surface area contributed by atoms with Gasteiger partial charge in [0.2, 0.25) is 0 Å². The fourth-order valence-electron chi connectivity index (χ4n) is 5.86. The fourth-order valence-corrected chi connectivity index (χ4v) is 7.89. The van der Waals surface area contributed by atoms with Crippen LogP contribution in [0.1, 0.15) is 29.7 Å². The van der Waals surface area contributed by atoms with E-state index >= 15 is 4.39 Å². The molecule has 44 heavy (non-hydrogen) atoms. The molecule has 1 aromatic heterocycles. The molecule has 2 aliphatic rings. The van der Waals surface area contributed by atoms with Crippen molar-refractivity contribution in [2.75, 3.05) is 63.9 Å². The SMILES string of the molecule is COc1cc(P(C)(C)=O)ccc1NCC#Cc1sc2c(NC3CCN(C4CCOCC4)CC3F)cccc2c1CC(F)(F)F. The molecule has 0 bridgehead atoms. The molecule has 3 aromatic rings. The van der Waals surface area contributed by atoms with Gasteiger partial charge in [0, 0.05) is 37.6 Å². The molecule has 2 aliphatic heterocycles. The number of anilines is 2. The Morgan fingerprint density at radius 3 is 2.59 bits per heavy atom. The molecular formula is C32H38F4N3O3PS. The molecule has 12 heteroatoms. The monoisotopic (exact) mass is 651 g/mol. The maximum absolute atomic E-state index is 15.4. The molecule has 2 saturated heterocycles. The van der Waals surface area contributed by atoms with Gasteiger partial charge in [-0.05, 0) is 67.8 Å². The molecule has 0 radical (unpaired) electrons. The molecule has 2 fully saturated rings. The number of benzene rings is 2. The van der Waals surface area contributed by atoms with Crippen molar-refractivity contribution in [3.05, 3.63) is 46.8 Å². The molecule has 3 heterocycles. The van der Waals surface area contributed by atoms with E-state index in [2.05, 4.69) is 27.4 Å². The Balaban J connectivity index is 1.34. The third-order valence-corrected chi connectivity index (χ3v) is 10.9. The molecule has 6 nitrogen and oxygen atoms in total. The largest absolute Gasteiger partial charge is 0.495 e. The van der Waals surface area contributed by atoms with Gasteiger partial charge < -0.3 is 24.7 Å². The number of halogens is 4. The van der Waals surface area contributed by atoms with Crippen molar-refractivity contribution in [3.63, 3.8) is 0 Å². The second-order valence-corrected chi connectivity index (χ2v) is 15.9. The number of nitrogens with zero attached hydrogens (tertiary/aromatic N) is 1. The second-order valence-electron chi connectivity index (χ2n) is 11.7. The van der Waals surface area contributed by atoms with E-state index in [1.54, 1.807) is 49.7 Å². The second kappa shape index (κ2) is 13.7. The van der Waals surface area contributed by atoms with Crippen LogP contribution in [0.2, 0.25) is 0 Å². The van der Waals surface area contributed by atoms with E-state index in [-0.39, 0.29) is 12.1 Å². The lowest BCUT2D eigenvalue weighted by atomic mass is 9.98. The first-order valence-electron chi connectivity index (χ1n) is 14.7. The number of nitrogens with one attached hydrogen (secondary N) is 2. The summed E-state index contributed by atoms with van der Waals surface area (Å²) >= 11 is 1.20. The molecule has 238 valence electrons. The van der Waals surface area contributed by atoms with Crippen LogP contribution in [0.4, 0.5) is 28.9 Å². The van der Waals surface area contributed by atoms with Crippen LogP contribution < -0.4 is 20.7 Å². The molecule has 0 saturated carbocycles. The molecule has 0 spiro atoms. The number of hydrogen-bond donors (Lipinski definition) is 2. The Labute approximate surface area is 259 Å². The summed E-state index contributed by atoms with van der Waals surface area (Å²) in [6, 6.07) is 10.3. The van der Waals surface area contributed by atoms with Crippen molar-refractivity contribution >= 4 is 45.2 Å². The summed E-state index contributed by atoms with van der Waals surface area (Å²) in [5, 5.41) is 7.63. The molecule has 2 unspecified atom stereocenters. The molecule has 2 atom stereocenters. The minimum absolute atomic E-state index is 0.128. The predicted molar refractivity (Wildman–Crippen MR) is 171 cm³/mol. The molecular weight excluding hydrogens is 613 g/mol. The zero-order valence-corrected chi connectivity index (χ0v) is 26.8. The smallest absolute Gasteiger partial charge is 0.393 e. The number of thiophene rings is 1. The van der Waals surface area contributed by atoms with Crippen LogP contribution in [0, 0.1) is 11.8 Å². The lowest BCUT2D eigenvalue weighted by Gasteiger charge is -2.41. The number of fused-ring (bicyclic) bond motifs is 1. The Bertz CT molecular complexity index is 1570. The minimum atomic E-state index is -4.42. The van der Waals surface area contributed by atoms with E-state index in [4.69, 9.17) is 9.47 Å². The zero-order chi connectivity index (χ0) is 31.5. The van der Waals surface area contributed by atoms with Gasteiger partial charge in [-0.15, -0.1) is 11.3 Å². The molecule has 0 amide bonds. The van der Waals surface area contributed by atoms with Crippen molar-refractivity contribution in [2.24, 2.45) is 0 Å². The number of likely N-dealkylation sites (tertiary alicyclic amines) is 1. The van der Waals surface area contributed by atoms with Crippen LogP contribution in [0.5, 0.6) is 5.75 Å². The quantitative estimate of drug-likeness (QED) is 0.160. The minimum Gasteiger partial charge on any atom is -0.495 e. The summed E-state index contributed by atoms with van der Waals surface area (Å²) in [7, 11) is -0.961. The number of methoxy groups -OCH3 is 1. The van der Waals surface area contributed by atoms with Crippen LogP contribution in [-0.2, 0) is 15.7 Å². The van der Waals surface area contributed by atoms with Crippen LogP contribution in [0.15, 0.2) is 36.4 Å². The van der Waals surface area contributed by atoms with Gasteiger partial charge in [0.25, 0.3) is 0 Å². The van der Waals surface area contributed by atoms with Crippen LogP contribution in [0.3, 0.4) is 0 Å². The maximum atomic E-state index is 15.4. The average Bonchev–Trinajstić information content (AvgIpc) is 3.32. The molecule has 0 aliphatic carbocycles. The lowest BCUT2D eigenvalue weighted by molar-refractivity contribution is -0.126. The normalized spacial score (nSPS) is 20.2. The highest BCUT2D eigenvalue weighted by Crippen LogP contribution is 2.40. The number of alkyl halides is 4. The van der Waals surface area contributed by atoms with Crippen molar-refractivity contribution in [1.29, 1.82) is 0 Å². The fraction of sp³-hybridized carbons (Fsp3) is 0.500. The van der Waals surface area contributed by atoms with Gasteiger partial charge in [0.15, 0.2) is 0 Å². The van der Waals surface area contributed by atoms with Crippen molar-refractivity contribution in [3.8, 4) is 17.6 Å². The van der Waals surface area contributed by atoms with E-state index in [9.17, 15) is 17.7 Å². The Kier molecular flexibility index (Phi) is 10.2. The number of piperidine rings is 1. The molecule has 5 rings (SSSR count). The zero-order valence-electron chi connectivity index (χ0n) is 25.1. The molecule has 2 N–H and O–H groups in total. The van der Waals surface area contributed by atoms with Gasteiger partial charge in [-0.2, -0.15) is 13.2 Å². The molecule has 2 aromatic carbocycles. The Morgan fingerprint density at radius 2 is 1.91 bits per heavy atom. The number of rotatable bonds is 8. The van der Waals surface area contributed by atoms with Crippen molar-refractivity contribution in [2.45, 2.75) is 50.1 Å². The van der Waals surface area contributed by atoms with Crippen LogP contribution in [-0.4, -0.2) is 82.6 Å². The third kappa shape index (κ3) is 7.89. The summed E-state index contributed by atoms with van der Waals surface area (Å²) in [4.78, 5) is 2.54. The Hall–Kier alpha value is -2.77. The van der Waals surface area contributed by atoms with E-state index in [1.807, 2.05) is 0 Å². The van der Waals surface area contributed by atoms with Crippen molar-refractivity contribution in [1.82, 2.24) is 4.90 Å². The summed E-state index contributed by atoms with van der Waals surface area (Å²) in [6.07, 6.45) is -4.21. The third-order valence-electron chi connectivity index (χ3n) is 8.19. The summed E-state index contributed by atoms with van der Waals surface area (Å²) in [5.41, 5.74) is 1.40. The lowest BCUT2D eigenvalue weighted by Crippen LogP contribution is -2.52. The van der Waals surface area contributed by atoms with Gasteiger partial charge in [-0.25, -0.2) is 4.39 Å². The van der Waals surface area contributed by atoms with E-state index in [1.165, 1.54) is 18.4 Å². The highest BCUT2D eigenvalue weighted by molar-refractivity contribution is 7.70. The first-order chi connectivity index (χ1) is 20.9. The summed E-state index contributed by atoms with van der Waals surface area (Å²) in [5.74, 6) is 6.41. The first-order valence-corrected chi connectivity index (χ1v) is 18.1. The van der Waals surface area contributed by atoms with Gasteiger partial charge >= 0.3 is 6.18 Å². The van der Waals surface area contributed by atoms with Crippen LogP contribution in [0.25, 0.3) is 10.1 Å². The van der Waals surface area contributed by atoms with Gasteiger partial charge in [-0.3, -0.25) is 4.90 Å². The van der Waals surface area contributed by atoms with Crippen LogP contribution >= 0.6 is 18.5 Å². The van der Waals surface area contributed by atoms with E-state index in [0.29, 0.717) is 69.6 Å². The standard InChI is InChI=1S/C32H38F4N3O3PS/c1-41-29-18-22(43(2,3)40)9-10-27(29)37-14-5-8-30-24(19-32(34,35)36)23-6-4-7-28(31(23)44-30)38-26-11-15-39(20-25(26)33)21-12-16-42-17-13-21/h4,6-7,9-10,18,21,25-26,37-38H,11-17,19-20H2,1-3H3. The highest BCUT2D eigenvalue weighted by Gasteiger charge is 2.34. The number of hydrogen-bond acceptors (Lipinski definition) is 7. The topological polar surface area (TPSA) is 62.8 Å².